The van der Waals surface area contributed by atoms with Gasteiger partial charge in [-0.05, 0) is 23.8 Å². The second-order valence-electron chi connectivity index (χ2n) is 5.67. The number of nitrogens with zero attached hydrogens (tertiary/aromatic N) is 1. The maximum absolute atomic E-state index is 12.6. The van der Waals surface area contributed by atoms with Crippen molar-refractivity contribution >= 4 is 33.6 Å². The van der Waals surface area contributed by atoms with Gasteiger partial charge in [0, 0.05) is 22.3 Å². The van der Waals surface area contributed by atoms with Gasteiger partial charge in [-0.1, -0.05) is 46.3 Å². The van der Waals surface area contributed by atoms with Crippen LogP contribution < -0.4 is 4.74 Å². The molecule has 0 radical (unpaired) electrons. The molecule has 2 aromatic rings. The summed E-state index contributed by atoms with van der Waals surface area (Å²) in [4.78, 5) is 14.5. The van der Waals surface area contributed by atoms with Crippen LogP contribution in [-0.2, 0) is 16.1 Å². The van der Waals surface area contributed by atoms with Gasteiger partial charge in [0.1, 0.15) is 17.7 Å². The van der Waals surface area contributed by atoms with E-state index in [1.165, 1.54) is 0 Å². The Hall–Kier alpha value is -1.50. The third kappa shape index (κ3) is 4.57. The molecule has 3 rings (SSSR count). The predicted octanol–water partition coefficient (Wildman–Crippen LogP) is 4.25. The number of carbonyl (C=O) groups excluding carboxylic acids is 1. The molecule has 1 unspecified atom stereocenters. The second-order valence-corrected chi connectivity index (χ2v) is 7.78. The Balaban J connectivity index is 1.65. The fraction of sp³-hybridized carbons (Fsp3) is 0.316. The fourth-order valence-electron chi connectivity index (χ4n) is 2.79. The quantitative estimate of drug-likeness (QED) is 0.698. The summed E-state index contributed by atoms with van der Waals surface area (Å²) in [6, 6.07) is 15.8. The van der Waals surface area contributed by atoms with Crippen molar-refractivity contribution in [1.82, 2.24) is 4.90 Å². The summed E-state index contributed by atoms with van der Waals surface area (Å²) in [6.07, 6.45) is 0. The molecule has 0 spiro atoms. The molecule has 0 bridgehead atoms. The number of amides is 1. The minimum Gasteiger partial charge on any atom is -0.496 e. The number of thioether (sulfide) groups is 1. The molecule has 6 heteroatoms. The van der Waals surface area contributed by atoms with E-state index < -0.39 is 0 Å². The smallest absolute Gasteiger partial charge is 0.249 e. The van der Waals surface area contributed by atoms with Crippen LogP contribution in [0.2, 0.25) is 0 Å². The second kappa shape index (κ2) is 8.74. The first-order chi connectivity index (χ1) is 12.2. The van der Waals surface area contributed by atoms with Crippen molar-refractivity contribution in [2.24, 2.45) is 0 Å². The van der Waals surface area contributed by atoms with E-state index in [1.807, 2.05) is 53.4 Å². The first kappa shape index (κ1) is 18.3. The van der Waals surface area contributed by atoms with Gasteiger partial charge in [0.05, 0.1) is 13.7 Å². The van der Waals surface area contributed by atoms with Gasteiger partial charge >= 0.3 is 0 Å². The molecular formula is C19H20BrNO3S. The van der Waals surface area contributed by atoms with Crippen molar-refractivity contribution in [3.63, 3.8) is 0 Å². The normalized spacial score (nSPS) is 16.9. The lowest BCUT2D eigenvalue weighted by atomic mass is 10.2. The largest absolute Gasteiger partial charge is 0.496 e. The molecule has 0 saturated carbocycles. The molecule has 0 N–H and O–H groups in total. The van der Waals surface area contributed by atoms with Crippen LogP contribution in [0.15, 0.2) is 53.0 Å². The van der Waals surface area contributed by atoms with Gasteiger partial charge in [-0.2, -0.15) is 0 Å². The minimum absolute atomic E-state index is 0.00737. The topological polar surface area (TPSA) is 38.8 Å². The third-order valence-electron chi connectivity index (χ3n) is 4.01. The number of rotatable bonds is 6. The number of halogens is 1. The van der Waals surface area contributed by atoms with Gasteiger partial charge in [0.15, 0.2) is 0 Å². The first-order valence-electron chi connectivity index (χ1n) is 8.05. The van der Waals surface area contributed by atoms with Crippen LogP contribution in [0.25, 0.3) is 0 Å². The van der Waals surface area contributed by atoms with Crippen LogP contribution >= 0.6 is 27.7 Å². The summed E-state index contributed by atoms with van der Waals surface area (Å²) in [5.41, 5.74) is 2.08. The minimum atomic E-state index is -0.0414. The lowest BCUT2D eigenvalue weighted by Gasteiger charge is -2.25. The molecule has 0 aliphatic carbocycles. The van der Waals surface area contributed by atoms with E-state index >= 15 is 0 Å². The van der Waals surface area contributed by atoms with E-state index in [0.29, 0.717) is 6.61 Å². The van der Waals surface area contributed by atoms with E-state index in [2.05, 4.69) is 15.9 Å². The highest BCUT2D eigenvalue weighted by Gasteiger charge is 2.32. The Morgan fingerprint density at radius 2 is 2.08 bits per heavy atom. The summed E-state index contributed by atoms with van der Waals surface area (Å²) in [5.74, 6) is 1.71. The Labute approximate surface area is 160 Å². The lowest BCUT2D eigenvalue weighted by molar-refractivity contribution is -0.136. The highest BCUT2D eigenvalue weighted by Crippen LogP contribution is 2.42. The standard InChI is InChI=1S/C19H20BrNO3S/c1-23-17-8-7-15(20)11-16(17)19-21(9-10-25-19)18(22)13-24-12-14-5-3-2-4-6-14/h2-8,11,19H,9-10,12-13H2,1H3. The van der Waals surface area contributed by atoms with Crippen LogP contribution in [0, 0.1) is 0 Å². The number of hydrogen-bond donors (Lipinski definition) is 0. The molecule has 4 nitrogen and oxygen atoms in total. The number of methoxy groups -OCH3 is 1. The summed E-state index contributed by atoms with van der Waals surface area (Å²) < 4.78 is 12.1. The maximum Gasteiger partial charge on any atom is 0.249 e. The Morgan fingerprint density at radius 1 is 1.28 bits per heavy atom. The van der Waals surface area contributed by atoms with Crippen molar-refractivity contribution in [2.75, 3.05) is 26.0 Å². The van der Waals surface area contributed by atoms with Crippen molar-refractivity contribution in [3.05, 3.63) is 64.1 Å². The third-order valence-corrected chi connectivity index (χ3v) is 5.74. The predicted molar refractivity (Wildman–Crippen MR) is 104 cm³/mol. The van der Waals surface area contributed by atoms with Crippen LogP contribution in [0.5, 0.6) is 5.75 Å². The molecule has 1 aliphatic rings. The number of ether oxygens (including phenoxy) is 2. The molecule has 1 heterocycles. The Bertz CT molecular complexity index is 726. The highest BCUT2D eigenvalue weighted by atomic mass is 79.9. The van der Waals surface area contributed by atoms with Crippen LogP contribution in [-0.4, -0.2) is 36.8 Å². The molecule has 1 amide bonds. The molecule has 1 fully saturated rings. The first-order valence-corrected chi connectivity index (χ1v) is 9.89. The highest BCUT2D eigenvalue weighted by molar-refractivity contribution is 9.10. The molecule has 1 saturated heterocycles. The Kier molecular flexibility index (Phi) is 6.39. The van der Waals surface area contributed by atoms with Gasteiger partial charge in [-0.15, -0.1) is 11.8 Å². The zero-order valence-electron chi connectivity index (χ0n) is 14.0. The molecule has 132 valence electrons. The number of benzene rings is 2. The molecule has 1 atom stereocenters. The summed E-state index contributed by atoms with van der Waals surface area (Å²) in [6.45, 7) is 1.25. The monoisotopic (exact) mass is 421 g/mol. The van der Waals surface area contributed by atoms with Gasteiger partial charge in [0.25, 0.3) is 0 Å². The van der Waals surface area contributed by atoms with E-state index in [1.54, 1.807) is 18.9 Å². The lowest BCUT2D eigenvalue weighted by Crippen LogP contribution is -2.33. The van der Waals surface area contributed by atoms with Gasteiger partial charge in [-0.25, -0.2) is 0 Å². The van der Waals surface area contributed by atoms with Crippen molar-refractivity contribution in [1.29, 1.82) is 0 Å². The average molecular weight is 422 g/mol. The maximum atomic E-state index is 12.6. The average Bonchev–Trinajstić information content (AvgIpc) is 3.12. The van der Waals surface area contributed by atoms with Crippen LogP contribution in [0.3, 0.4) is 0 Å². The fourth-order valence-corrected chi connectivity index (χ4v) is 4.47. The molecule has 2 aromatic carbocycles. The number of hydrogen-bond acceptors (Lipinski definition) is 4. The van der Waals surface area contributed by atoms with Crippen LogP contribution in [0.1, 0.15) is 16.5 Å². The van der Waals surface area contributed by atoms with Crippen molar-refractivity contribution in [2.45, 2.75) is 12.0 Å². The van der Waals surface area contributed by atoms with E-state index in [-0.39, 0.29) is 17.9 Å². The molecule has 1 aliphatic heterocycles. The van der Waals surface area contributed by atoms with Crippen molar-refractivity contribution < 1.29 is 14.3 Å². The summed E-state index contributed by atoms with van der Waals surface area (Å²) in [5, 5.41) is -0.0414. The SMILES string of the molecule is COc1ccc(Br)cc1C1SCCN1C(=O)COCc1ccccc1. The van der Waals surface area contributed by atoms with Gasteiger partial charge in [-0.3, -0.25) is 4.79 Å². The van der Waals surface area contributed by atoms with Crippen LogP contribution in [0.4, 0.5) is 0 Å². The summed E-state index contributed by atoms with van der Waals surface area (Å²) >= 11 is 5.25. The van der Waals surface area contributed by atoms with E-state index in [9.17, 15) is 4.79 Å². The molecule has 0 aromatic heterocycles. The molecular weight excluding hydrogens is 402 g/mol. The van der Waals surface area contributed by atoms with Gasteiger partial charge < -0.3 is 14.4 Å². The summed E-state index contributed by atoms with van der Waals surface area (Å²) in [7, 11) is 1.65. The zero-order chi connectivity index (χ0) is 17.6. The van der Waals surface area contributed by atoms with E-state index in [0.717, 1.165) is 33.6 Å². The Morgan fingerprint density at radius 3 is 2.84 bits per heavy atom. The molecule has 25 heavy (non-hydrogen) atoms. The number of carbonyl (C=O) groups is 1. The van der Waals surface area contributed by atoms with E-state index in [4.69, 9.17) is 9.47 Å². The van der Waals surface area contributed by atoms with Gasteiger partial charge in [0.2, 0.25) is 5.91 Å². The zero-order valence-corrected chi connectivity index (χ0v) is 16.4. The van der Waals surface area contributed by atoms with Crippen molar-refractivity contribution in [3.8, 4) is 5.75 Å².